The van der Waals surface area contributed by atoms with Crippen LogP contribution in [0.25, 0.3) is 11.2 Å². The zero-order chi connectivity index (χ0) is 26.8. The summed E-state index contributed by atoms with van der Waals surface area (Å²) in [6, 6.07) is 5.17. The molecule has 202 valence electrons. The van der Waals surface area contributed by atoms with Gasteiger partial charge in [0.05, 0.1) is 18.7 Å². The summed E-state index contributed by atoms with van der Waals surface area (Å²) in [5, 5.41) is 11.7. The Balaban J connectivity index is 1.17. The highest BCUT2D eigenvalue weighted by atomic mass is 16.5. The summed E-state index contributed by atoms with van der Waals surface area (Å²) in [5.74, 6) is 1.29. The van der Waals surface area contributed by atoms with Crippen molar-refractivity contribution in [1.29, 1.82) is 0 Å². The molecule has 4 aromatic rings. The Kier molecular flexibility index (Phi) is 6.69. The van der Waals surface area contributed by atoms with E-state index < -0.39 is 12.1 Å². The maximum Gasteiger partial charge on any atom is 0.405 e. The molecule has 0 radical (unpaired) electrons. The predicted octanol–water partition coefficient (Wildman–Crippen LogP) is 1.89. The van der Waals surface area contributed by atoms with Crippen LogP contribution in [-0.2, 0) is 24.2 Å². The van der Waals surface area contributed by atoms with Gasteiger partial charge in [0.15, 0.2) is 11.5 Å². The van der Waals surface area contributed by atoms with Gasteiger partial charge in [-0.25, -0.2) is 24.7 Å². The molecular weight excluding hydrogens is 502 g/mol. The van der Waals surface area contributed by atoms with Crippen molar-refractivity contribution >= 4 is 29.0 Å². The molecule has 1 unspecified atom stereocenters. The number of hydrogen-bond donors (Lipinski definition) is 4. The number of H-pyrrole nitrogens is 2. The Labute approximate surface area is 223 Å². The second-order valence-electron chi connectivity index (χ2n) is 9.79. The lowest BCUT2D eigenvalue weighted by atomic mass is 9.97. The van der Waals surface area contributed by atoms with Crippen molar-refractivity contribution in [2.24, 2.45) is 0 Å². The first-order valence-corrected chi connectivity index (χ1v) is 13.0. The average molecular weight is 532 g/mol. The highest BCUT2D eigenvalue weighted by molar-refractivity contribution is 5.86. The van der Waals surface area contributed by atoms with Crippen LogP contribution in [0.5, 0.6) is 5.75 Å². The standard InChI is InChI=1S/C26H29N9O4/c36-25(20(33-26(37)38)9-17-10-27-13-28-17)34-8-6-16-3-1-5-21(19(16)11-34)39-12-18-4-2-7-35(18)24-22-23(30-14-29-22)31-15-32-24/h1,3,5,10,13-15,18,20,33H,2,4,6-9,11-12H2,(H,27,28)(H,37,38)(H,29,30,31,32)/t18?,20-/m0/s1. The molecule has 2 amide bonds. The number of benzene rings is 1. The Bertz CT molecular complexity index is 1470. The summed E-state index contributed by atoms with van der Waals surface area (Å²) >= 11 is 0. The van der Waals surface area contributed by atoms with E-state index in [0.29, 0.717) is 37.5 Å². The quantitative estimate of drug-likeness (QED) is 0.266. The van der Waals surface area contributed by atoms with E-state index in [2.05, 4.69) is 46.2 Å². The largest absolute Gasteiger partial charge is 0.491 e. The minimum absolute atomic E-state index is 0.127. The number of fused-ring (bicyclic) bond motifs is 2. The topological polar surface area (TPSA) is 165 Å². The molecule has 1 fully saturated rings. The molecule has 0 spiro atoms. The van der Waals surface area contributed by atoms with E-state index >= 15 is 0 Å². The molecule has 4 N–H and O–H groups in total. The van der Waals surface area contributed by atoms with Crippen LogP contribution < -0.4 is 15.0 Å². The van der Waals surface area contributed by atoms with E-state index in [1.807, 2.05) is 12.1 Å². The van der Waals surface area contributed by atoms with Gasteiger partial charge in [-0.2, -0.15) is 0 Å². The number of carbonyl (C=O) groups excluding carboxylic acids is 1. The molecule has 0 saturated carbocycles. The molecular formula is C26H29N9O4. The molecule has 13 nitrogen and oxygen atoms in total. The molecule has 39 heavy (non-hydrogen) atoms. The Morgan fingerprint density at radius 2 is 2.10 bits per heavy atom. The molecule has 0 bridgehead atoms. The minimum Gasteiger partial charge on any atom is -0.491 e. The van der Waals surface area contributed by atoms with Crippen LogP contribution in [-0.4, -0.2) is 83.7 Å². The molecule has 3 aromatic heterocycles. The van der Waals surface area contributed by atoms with Crippen LogP contribution in [0.4, 0.5) is 10.6 Å². The predicted molar refractivity (Wildman–Crippen MR) is 140 cm³/mol. The maximum atomic E-state index is 13.4. The second-order valence-corrected chi connectivity index (χ2v) is 9.79. The summed E-state index contributed by atoms with van der Waals surface area (Å²) in [4.78, 5) is 51.8. The summed E-state index contributed by atoms with van der Waals surface area (Å²) in [5.41, 5.74) is 4.22. The van der Waals surface area contributed by atoms with Crippen LogP contribution in [0.1, 0.15) is 29.7 Å². The van der Waals surface area contributed by atoms with Crippen LogP contribution in [0.15, 0.2) is 43.4 Å². The monoisotopic (exact) mass is 531 g/mol. The van der Waals surface area contributed by atoms with Crippen LogP contribution in [0, 0.1) is 0 Å². The molecule has 0 aliphatic carbocycles. The van der Waals surface area contributed by atoms with Crippen molar-refractivity contribution in [3.63, 3.8) is 0 Å². The Morgan fingerprint density at radius 3 is 2.95 bits per heavy atom. The maximum absolute atomic E-state index is 13.4. The van der Waals surface area contributed by atoms with Crippen molar-refractivity contribution in [1.82, 2.24) is 40.1 Å². The van der Waals surface area contributed by atoms with E-state index in [4.69, 9.17) is 4.74 Å². The van der Waals surface area contributed by atoms with Gasteiger partial charge in [-0.1, -0.05) is 12.1 Å². The van der Waals surface area contributed by atoms with Crippen LogP contribution in [0.3, 0.4) is 0 Å². The summed E-state index contributed by atoms with van der Waals surface area (Å²) in [6.45, 7) is 2.18. The zero-order valence-corrected chi connectivity index (χ0v) is 21.2. The molecule has 1 aromatic carbocycles. The highest BCUT2D eigenvalue weighted by Gasteiger charge is 2.32. The van der Waals surface area contributed by atoms with Gasteiger partial charge < -0.3 is 34.9 Å². The van der Waals surface area contributed by atoms with Crippen molar-refractivity contribution in [2.75, 3.05) is 24.6 Å². The number of nitrogens with one attached hydrogen (secondary N) is 3. The summed E-state index contributed by atoms with van der Waals surface area (Å²) < 4.78 is 6.40. The van der Waals surface area contributed by atoms with Crippen molar-refractivity contribution in [2.45, 2.75) is 44.3 Å². The first-order valence-electron chi connectivity index (χ1n) is 13.0. The van der Waals surface area contributed by atoms with E-state index in [9.17, 15) is 14.7 Å². The number of aromatic amines is 2. The lowest BCUT2D eigenvalue weighted by Crippen LogP contribution is -2.50. The first kappa shape index (κ1) is 24.6. The van der Waals surface area contributed by atoms with E-state index in [-0.39, 0.29) is 18.4 Å². The number of hydrogen-bond acceptors (Lipinski definition) is 8. The first-order chi connectivity index (χ1) is 19.1. The van der Waals surface area contributed by atoms with E-state index in [0.717, 1.165) is 47.6 Å². The van der Waals surface area contributed by atoms with Crippen molar-refractivity contribution in [3.8, 4) is 5.75 Å². The SMILES string of the molecule is O=C(O)N[C@@H](Cc1cnc[nH]1)C(=O)N1CCc2cccc(OCC3CCCN3c3ncnc4nc[nH]c34)c2C1. The lowest BCUT2D eigenvalue weighted by Gasteiger charge is -2.33. The normalized spacial score (nSPS) is 17.7. The number of carboxylic acid groups (broad SMARTS) is 1. The second kappa shape index (κ2) is 10.6. The van der Waals surface area contributed by atoms with Crippen LogP contribution in [0.2, 0.25) is 0 Å². The van der Waals surface area contributed by atoms with Gasteiger partial charge in [-0.15, -0.1) is 0 Å². The number of anilines is 1. The van der Waals surface area contributed by atoms with Gasteiger partial charge in [0.25, 0.3) is 0 Å². The molecule has 13 heteroatoms. The fraction of sp³-hybridized carbons (Fsp3) is 0.385. The number of ether oxygens (including phenoxy) is 1. The van der Waals surface area contributed by atoms with E-state index in [1.54, 1.807) is 17.4 Å². The number of nitrogens with zero attached hydrogens (tertiary/aromatic N) is 6. The third kappa shape index (κ3) is 5.07. The van der Waals surface area contributed by atoms with Crippen molar-refractivity contribution < 1.29 is 19.4 Å². The lowest BCUT2D eigenvalue weighted by molar-refractivity contribution is -0.134. The minimum atomic E-state index is -1.24. The summed E-state index contributed by atoms with van der Waals surface area (Å²) in [6.07, 6.45) is 7.86. The van der Waals surface area contributed by atoms with Crippen molar-refractivity contribution in [3.05, 3.63) is 60.2 Å². The molecule has 2 aliphatic heterocycles. The zero-order valence-electron chi connectivity index (χ0n) is 21.2. The Morgan fingerprint density at radius 1 is 1.18 bits per heavy atom. The van der Waals surface area contributed by atoms with Gasteiger partial charge in [0.2, 0.25) is 5.91 Å². The fourth-order valence-corrected chi connectivity index (χ4v) is 5.50. The van der Waals surface area contributed by atoms with E-state index in [1.165, 1.54) is 12.7 Å². The highest BCUT2D eigenvalue weighted by Crippen LogP contribution is 2.31. The van der Waals surface area contributed by atoms with Gasteiger partial charge >= 0.3 is 6.09 Å². The van der Waals surface area contributed by atoms with Gasteiger partial charge in [-0.3, -0.25) is 4.79 Å². The summed E-state index contributed by atoms with van der Waals surface area (Å²) in [7, 11) is 0. The molecule has 1 saturated heterocycles. The number of aromatic nitrogens is 6. The molecule has 6 rings (SSSR count). The number of carbonyl (C=O) groups is 2. The number of rotatable bonds is 8. The van der Waals surface area contributed by atoms with Gasteiger partial charge in [0, 0.05) is 43.5 Å². The molecule has 2 atom stereocenters. The number of imidazole rings is 2. The Hall–Kier alpha value is -4.68. The van der Waals surface area contributed by atoms with Gasteiger partial charge in [0.1, 0.15) is 30.2 Å². The third-order valence-electron chi connectivity index (χ3n) is 7.40. The van der Waals surface area contributed by atoms with Crippen LogP contribution >= 0.6 is 0 Å². The molecule has 2 aliphatic rings. The van der Waals surface area contributed by atoms with Gasteiger partial charge in [-0.05, 0) is 30.9 Å². The average Bonchev–Trinajstić information content (AvgIpc) is 3.72. The number of amides is 2. The smallest absolute Gasteiger partial charge is 0.405 e. The third-order valence-corrected chi connectivity index (χ3v) is 7.40. The molecule has 5 heterocycles. The fourth-order valence-electron chi connectivity index (χ4n) is 5.50.